The van der Waals surface area contributed by atoms with Crippen LogP contribution in [-0.4, -0.2) is 33.9 Å². The molecule has 2 unspecified atom stereocenters. The number of aryl methyl sites for hydroxylation is 1. The highest BCUT2D eigenvalue weighted by atomic mass is 32.2. The Kier molecular flexibility index (Phi) is 3.70. The summed E-state index contributed by atoms with van der Waals surface area (Å²) in [5, 5.41) is 8.01. The fourth-order valence-electron chi connectivity index (χ4n) is 2.13. The summed E-state index contributed by atoms with van der Waals surface area (Å²) in [5.41, 5.74) is 1.23. The van der Waals surface area contributed by atoms with Gasteiger partial charge in [-0.1, -0.05) is 6.92 Å². The zero-order chi connectivity index (χ0) is 10.7. The predicted molar refractivity (Wildman–Crippen MR) is 65.2 cm³/mol. The number of rotatable bonds is 4. The molecule has 84 valence electrons. The van der Waals surface area contributed by atoms with Gasteiger partial charge in [-0.15, -0.1) is 0 Å². The molecule has 0 bridgehead atoms. The van der Waals surface area contributed by atoms with Crippen LogP contribution < -0.4 is 5.32 Å². The lowest BCUT2D eigenvalue weighted by Gasteiger charge is -2.18. The van der Waals surface area contributed by atoms with Crippen molar-refractivity contribution in [3.63, 3.8) is 0 Å². The largest absolute Gasteiger partial charge is 0.313 e. The van der Waals surface area contributed by atoms with Gasteiger partial charge in [-0.3, -0.25) is 4.68 Å². The molecule has 0 saturated carbocycles. The minimum Gasteiger partial charge on any atom is -0.313 e. The van der Waals surface area contributed by atoms with Crippen molar-refractivity contribution in [1.29, 1.82) is 0 Å². The van der Waals surface area contributed by atoms with Crippen LogP contribution >= 0.6 is 11.8 Å². The van der Waals surface area contributed by atoms with Crippen LogP contribution in [0.25, 0.3) is 0 Å². The number of hydrogen-bond donors (Lipinski definition) is 1. The van der Waals surface area contributed by atoms with Crippen molar-refractivity contribution >= 4 is 11.8 Å². The lowest BCUT2D eigenvalue weighted by Crippen LogP contribution is -2.36. The second-order valence-corrected chi connectivity index (χ2v) is 5.22. The average Bonchev–Trinajstić information content (AvgIpc) is 2.78. The number of aromatic nitrogens is 2. The van der Waals surface area contributed by atoms with Gasteiger partial charge in [0.05, 0.1) is 5.69 Å². The van der Waals surface area contributed by atoms with E-state index < -0.39 is 0 Å². The fraction of sp³-hybridized carbons (Fsp3) is 0.727. The molecular weight excluding hydrogens is 206 g/mol. The highest BCUT2D eigenvalue weighted by Crippen LogP contribution is 2.26. The van der Waals surface area contributed by atoms with E-state index >= 15 is 0 Å². The van der Waals surface area contributed by atoms with E-state index in [1.165, 1.54) is 17.2 Å². The molecule has 15 heavy (non-hydrogen) atoms. The molecule has 0 aromatic carbocycles. The summed E-state index contributed by atoms with van der Waals surface area (Å²) in [5.74, 6) is 3.28. The topological polar surface area (TPSA) is 29.9 Å². The lowest BCUT2D eigenvalue weighted by atomic mass is 9.98. The zero-order valence-electron chi connectivity index (χ0n) is 9.44. The molecule has 4 heteroatoms. The lowest BCUT2D eigenvalue weighted by molar-refractivity contribution is 0.429. The quantitative estimate of drug-likeness (QED) is 0.838. The second kappa shape index (κ2) is 5.03. The maximum atomic E-state index is 4.45. The van der Waals surface area contributed by atoms with Gasteiger partial charge in [0.15, 0.2) is 0 Å². The molecule has 1 aliphatic rings. The first-order valence-electron chi connectivity index (χ1n) is 5.59. The van der Waals surface area contributed by atoms with Gasteiger partial charge in [-0.2, -0.15) is 16.9 Å². The van der Waals surface area contributed by atoms with E-state index in [0.29, 0.717) is 6.04 Å². The van der Waals surface area contributed by atoms with Crippen LogP contribution in [0.2, 0.25) is 0 Å². The van der Waals surface area contributed by atoms with E-state index in [-0.39, 0.29) is 0 Å². The normalized spacial score (nSPS) is 26.0. The van der Waals surface area contributed by atoms with E-state index in [4.69, 9.17) is 0 Å². The van der Waals surface area contributed by atoms with Gasteiger partial charge < -0.3 is 5.32 Å². The Hall–Kier alpha value is -0.480. The maximum absolute atomic E-state index is 4.45. The molecular formula is C11H19N3S. The summed E-state index contributed by atoms with van der Waals surface area (Å²) in [6, 6.07) is 2.81. The number of nitrogens with zero attached hydrogens (tertiary/aromatic N) is 2. The smallest absolute Gasteiger partial charge is 0.0628 e. The van der Waals surface area contributed by atoms with Gasteiger partial charge in [-0.05, 0) is 30.7 Å². The van der Waals surface area contributed by atoms with Crippen molar-refractivity contribution in [2.24, 2.45) is 13.0 Å². The highest BCUT2D eigenvalue weighted by Gasteiger charge is 2.27. The van der Waals surface area contributed by atoms with Gasteiger partial charge in [0, 0.05) is 25.0 Å². The van der Waals surface area contributed by atoms with Crippen molar-refractivity contribution in [2.75, 3.05) is 18.1 Å². The minimum atomic E-state index is 0.682. The Morgan fingerprint density at radius 3 is 3.13 bits per heavy atom. The Morgan fingerprint density at radius 1 is 1.60 bits per heavy atom. The molecule has 1 aromatic rings. The van der Waals surface area contributed by atoms with Crippen LogP contribution in [0.4, 0.5) is 0 Å². The molecule has 1 fully saturated rings. The van der Waals surface area contributed by atoms with Gasteiger partial charge in [0.1, 0.15) is 0 Å². The SMILES string of the molecule is CCNC1CSCC1Cc1ccn(C)n1. The average molecular weight is 225 g/mol. The summed E-state index contributed by atoms with van der Waals surface area (Å²) in [4.78, 5) is 0. The molecule has 1 aliphatic heterocycles. The fourth-order valence-corrected chi connectivity index (χ4v) is 3.56. The number of thioether (sulfide) groups is 1. The van der Waals surface area contributed by atoms with E-state index in [1.807, 2.05) is 17.9 Å². The zero-order valence-corrected chi connectivity index (χ0v) is 10.3. The van der Waals surface area contributed by atoms with Crippen LogP contribution in [0.15, 0.2) is 12.3 Å². The first kappa shape index (κ1) is 11.0. The molecule has 2 rings (SSSR count). The van der Waals surface area contributed by atoms with Crippen molar-refractivity contribution in [1.82, 2.24) is 15.1 Å². The standard InChI is InChI=1S/C11H19N3S/c1-3-12-11-8-15-7-9(11)6-10-4-5-14(2)13-10/h4-5,9,11-12H,3,6-8H2,1-2H3. The minimum absolute atomic E-state index is 0.682. The Morgan fingerprint density at radius 2 is 2.47 bits per heavy atom. The van der Waals surface area contributed by atoms with Crippen LogP contribution in [0.3, 0.4) is 0 Å². The molecule has 1 N–H and O–H groups in total. The van der Waals surface area contributed by atoms with Gasteiger partial charge in [0.25, 0.3) is 0 Å². The molecule has 2 heterocycles. The van der Waals surface area contributed by atoms with Crippen LogP contribution in [0.1, 0.15) is 12.6 Å². The Balaban J connectivity index is 1.93. The molecule has 0 amide bonds. The van der Waals surface area contributed by atoms with Gasteiger partial charge >= 0.3 is 0 Å². The molecule has 0 spiro atoms. The molecule has 0 radical (unpaired) electrons. The van der Waals surface area contributed by atoms with E-state index in [2.05, 4.69) is 35.2 Å². The van der Waals surface area contributed by atoms with Crippen LogP contribution in [-0.2, 0) is 13.5 Å². The highest BCUT2D eigenvalue weighted by molar-refractivity contribution is 7.99. The van der Waals surface area contributed by atoms with Gasteiger partial charge in [0.2, 0.25) is 0 Å². The third kappa shape index (κ3) is 2.75. The van der Waals surface area contributed by atoms with Crippen molar-refractivity contribution < 1.29 is 0 Å². The van der Waals surface area contributed by atoms with Crippen molar-refractivity contribution in [3.05, 3.63) is 18.0 Å². The maximum Gasteiger partial charge on any atom is 0.0628 e. The van der Waals surface area contributed by atoms with Crippen molar-refractivity contribution in [2.45, 2.75) is 19.4 Å². The molecule has 2 atom stereocenters. The Bertz CT molecular complexity index is 311. The molecule has 3 nitrogen and oxygen atoms in total. The molecule has 1 aromatic heterocycles. The first-order valence-corrected chi connectivity index (χ1v) is 6.74. The summed E-state index contributed by atoms with van der Waals surface area (Å²) >= 11 is 2.06. The first-order chi connectivity index (χ1) is 7.29. The third-order valence-electron chi connectivity index (χ3n) is 2.90. The van der Waals surface area contributed by atoms with E-state index in [9.17, 15) is 0 Å². The number of hydrogen-bond acceptors (Lipinski definition) is 3. The molecule has 1 saturated heterocycles. The number of nitrogens with one attached hydrogen (secondary N) is 1. The monoisotopic (exact) mass is 225 g/mol. The Labute approximate surface area is 95.6 Å². The summed E-state index contributed by atoms with van der Waals surface area (Å²) in [6.07, 6.45) is 3.14. The summed E-state index contributed by atoms with van der Waals surface area (Å²) < 4.78 is 1.89. The predicted octanol–water partition coefficient (Wildman–Crippen LogP) is 1.30. The molecule has 0 aliphatic carbocycles. The van der Waals surface area contributed by atoms with E-state index in [1.54, 1.807) is 0 Å². The summed E-state index contributed by atoms with van der Waals surface area (Å²) in [7, 11) is 1.98. The second-order valence-electron chi connectivity index (χ2n) is 4.15. The third-order valence-corrected chi connectivity index (χ3v) is 4.16. The summed E-state index contributed by atoms with van der Waals surface area (Å²) in [6.45, 7) is 3.25. The van der Waals surface area contributed by atoms with Crippen LogP contribution in [0, 0.1) is 5.92 Å². The van der Waals surface area contributed by atoms with E-state index in [0.717, 1.165) is 18.9 Å². The van der Waals surface area contributed by atoms with Crippen molar-refractivity contribution in [3.8, 4) is 0 Å². The van der Waals surface area contributed by atoms with Crippen LogP contribution in [0.5, 0.6) is 0 Å². The van der Waals surface area contributed by atoms with Gasteiger partial charge in [-0.25, -0.2) is 0 Å².